The van der Waals surface area contributed by atoms with Crippen molar-refractivity contribution in [1.29, 1.82) is 0 Å². The number of para-hydroxylation sites is 3. The highest BCUT2D eigenvalue weighted by molar-refractivity contribution is 6.16. The van der Waals surface area contributed by atoms with E-state index in [1.807, 2.05) is 18.2 Å². The van der Waals surface area contributed by atoms with Gasteiger partial charge in [0, 0.05) is 32.8 Å². The lowest BCUT2D eigenvalue weighted by atomic mass is 9.82. The molecule has 10 rings (SSSR count). The molecule has 0 unspecified atom stereocenters. The summed E-state index contributed by atoms with van der Waals surface area (Å²) < 4.78 is 12.8. The zero-order valence-electron chi connectivity index (χ0n) is 26.7. The van der Waals surface area contributed by atoms with Gasteiger partial charge in [0.05, 0.1) is 16.8 Å². The molecule has 0 N–H and O–H groups in total. The van der Waals surface area contributed by atoms with Crippen molar-refractivity contribution in [2.45, 2.75) is 19.3 Å². The van der Waals surface area contributed by atoms with Crippen LogP contribution < -0.4 is 4.90 Å². The lowest BCUT2D eigenvalue weighted by Crippen LogP contribution is -2.17. The minimum atomic E-state index is -0.136. The molecule has 48 heavy (non-hydrogen) atoms. The van der Waals surface area contributed by atoms with E-state index in [0.717, 1.165) is 72.1 Å². The lowest BCUT2D eigenvalue weighted by molar-refractivity contribution is 0.660. The molecule has 0 fully saturated rings. The van der Waals surface area contributed by atoms with Crippen LogP contribution in [0.3, 0.4) is 0 Å². The van der Waals surface area contributed by atoms with Gasteiger partial charge in [-0.1, -0.05) is 117 Å². The third-order valence-electron chi connectivity index (χ3n) is 10.3. The Morgan fingerprint density at radius 3 is 1.75 bits per heavy atom. The lowest BCUT2D eigenvalue weighted by Gasteiger charge is -2.30. The summed E-state index contributed by atoms with van der Waals surface area (Å²) in [6, 6.07) is 54.0. The van der Waals surface area contributed by atoms with Crippen molar-refractivity contribution in [3.8, 4) is 22.3 Å². The molecule has 3 heteroatoms. The monoisotopic (exact) mass is 617 g/mol. The first kappa shape index (κ1) is 27.1. The largest absolute Gasteiger partial charge is 0.456 e. The number of hydrogen-bond acceptors (Lipinski definition) is 3. The van der Waals surface area contributed by atoms with Gasteiger partial charge in [-0.3, -0.25) is 0 Å². The van der Waals surface area contributed by atoms with Crippen LogP contribution in [0.2, 0.25) is 0 Å². The number of rotatable bonds is 4. The minimum Gasteiger partial charge on any atom is -0.456 e. The smallest absolute Gasteiger partial charge is 0.137 e. The predicted octanol–water partition coefficient (Wildman–Crippen LogP) is 12.9. The fraction of sp³-hybridized carbons (Fsp3) is 0.0667. The maximum absolute atomic E-state index is 6.44. The fourth-order valence-corrected chi connectivity index (χ4v) is 8.08. The molecule has 2 heterocycles. The van der Waals surface area contributed by atoms with Crippen LogP contribution in [0.5, 0.6) is 0 Å². The normalized spacial score (nSPS) is 13.4. The first-order valence-electron chi connectivity index (χ1n) is 16.5. The number of furan rings is 2. The van der Waals surface area contributed by atoms with Crippen molar-refractivity contribution >= 4 is 60.9 Å². The second-order valence-corrected chi connectivity index (χ2v) is 13.3. The summed E-state index contributed by atoms with van der Waals surface area (Å²) in [5, 5.41) is 4.43. The van der Waals surface area contributed by atoms with Crippen molar-refractivity contribution in [2.75, 3.05) is 4.90 Å². The molecule has 7 aromatic carbocycles. The second kappa shape index (κ2) is 9.97. The van der Waals surface area contributed by atoms with Crippen LogP contribution in [0.15, 0.2) is 160 Å². The molecule has 0 radical (unpaired) electrons. The summed E-state index contributed by atoms with van der Waals surface area (Å²) in [6.45, 7) is 4.68. The SMILES string of the molecule is CC1(C)c2ccccc2-c2ccc(N(c3ccccc3-c3cccc4oc5ccccc5c34)c3cccc4oc5ccccc5c34)cc21. The highest BCUT2D eigenvalue weighted by Crippen LogP contribution is 2.52. The Hall–Kier alpha value is -6.06. The molecule has 228 valence electrons. The van der Waals surface area contributed by atoms with E-state index in [4.69, 9.17) is 8.83 Å². The summed E-state index contributed by atoms with van der Waals surface area (Å²) in [5.74, 6) is 0. The van der Waals surface area contributed by atoms with Gasteiger partial charge in [-0.2, -0.15) is 0 Å². The van der Waals surface area contributed by atoms with Crippen LogP contribution in [0.1, 0.15) is 25.0 Å². The molecule has 0 bridgehead atoms. The van der Waals surface area contributed by atoms with Crippen molar-refractivity contribution in [3.63, 3.8) is 0 Å². The maximum Gasteiger partial charge on any atom is 0.137 e. The van der Waals surface area contributed by atoms with Crippen molar-refractivity contribution in [2.24, 2.45) is 0 Å². The summed E-state index contributed by atoms with van der Waals surface area (Å²) in [6.07, 6.45) is 0. The van der Waals surface area contributed by atoms with Gasteiger partial charge in [0.2, 0.25) is 0 Å². The van der Waals surface area contributed by atoms with Gasteiger partial charge >= 0.3 is 0 Å². The van der Waals surface area contributed by atoms with Crippen LogP contribution in [-0.2, 0) is 5.41 Å². The number of benzene rings is 7. The van der Waals surface area contributed by atoms with E-state index in [1.165, 1.54) is 22.3 Å². The van der Waals surface area contributed by atoms with Crippen LogP contribution in [0, 0.1) is 0 Å². The van der Waals surface area contributed by atoms with Gasteiger partial charge < -0.3 is 13.7 Å². The average molecular weight is 618 g/mol. The average Bonchev–Trinajstić information content (AvgIpc) is 3.77. The molecular weight excluding hydrogens is 587 g/mol. The van der Waals surface area contributed by atoms with Crippen molar-refractivity contribution in [3.05, 3.63) is 163 Å². The molecule has 0 atom stereocenters. The molecule has 0 aliphatic heterocycles. The summed E-state index contributed by atoms with van der Waals surface area (Å²) in [7, 11) is 0. The topological polar surface area (TPSA) is 29.5 Å². The number of nitrogens with zero attached hydrogens (tertiary/aromatic N) is 1. The van der Waals surface area contributed by atoms with E-state index in [-0.39, 0.29) is 5.41 Å². The molecule has 2 aromatic heterocycles. The molecule has 0 spiro atoms. The van der Waals surface area contributed by atoms with E-state index in [9.17, 15) is 0 Å². The second-order valence-electron chi connectivity index (χ2n) is 13.3. The molecule has 0 amide bonds. The minimum absolute atomic E-state index is 0.136. The molecule has 1 aliphatic carbocycles. The Kier molecular flexibility index (Phi) is 5.63. The van der Waals surface area contributed by atoms with E-state index in [1.54, 1.807) is 0 Å². The Labute approximate surface area is 278 Å². The molecule has 1 aliphatic rings. The zero-order chi connectivity index (χ0) is 32.0. The van der Waals surface area contributed by atoms with E-state index in [0.29, 0.717) is 0 Å². The highest BCUT2D eigenvalue weighted by Gasteiger charge is 2.36. The molecular formula is C45H31NO2. The standard InChI is InChI=1S/C45H31NO2/c1-45(2)35-18-7-3-13-29(35)30-26-25-28(27-36(30)45)46(38-20-12-24-42-44(38)34-16-6-10-22-40(34)48-42)37-19-8-4-14-31(37)32-17-11-23-41-43(32)33-15-5-9-21-39(33)47-41/h3-27H,1-2H3. The van der Waals surface area contributed by atoms with Gasteiger partial charge in [-0.25, -0.2) is 0 Å². The van der Waals surface area contributed by atoms with Crippen LogP contribution >= 0.6 is 0 Å². The molecule has 0 saturated carbocycles. The Balaban J connectivity index is 1.29. The quantitative estimate of drug-likeness (QED) is 0.197. The number of fused-ring (bicyclic) bond motifs is 9. The van der Waals surface area contributed by atoms with Crippen LogP contribution in [0.25, 0.3) is 66.1 Å². The Bertz CT molecular complexity index is 2730. The van der Waals surface area contributed by atoms with E-state index in [2.05, 4.69) is 152 Å². The summed E-state index contributed by atoms with van der Waals surface area (Å²) >= 11 is 0. The highest BCUT2D eigenvalue weighted by atomic mass is 16.3. The summed E-state index contributed by atoms with van der Waals surface area (Å²) in [5.41, 5.74) is 14.2. The number of anilines is 3. The van der Waals surface area contributed by atoms with Gasteiger partial charge in [0.1, 0.15) is 22.3 Å². The van der Waals surface area contributed by atoms with Gasteiger partial charge in [-0.05, 0) is 76.3 Å². The zero-order valence-corrected chi connectivity index (χ0v) is 26.7. The van der Waals surface area contributed by atoms with Gasteiger partial charge in [0.25, 0.3) is 0 Å². The first-order chi connectivity index (χ1) is 23.6. The van der Waals surface area contributed by atoms with Crippen LogP contribution in [-0.4, -0.2) is 0 Å². The predicted molar refractivity (Wildman–Crippen MR) is 199 cm³/mol. The van der Waals surface area contributed by atoms with Gasteiger partial charge in [0.15, 0.2) is 0 Å². The Morgan fingerprint density at radius 2 is 0.958 bits per heavy atom. The molecule has 9 aromatic rings. The van der Waals surface area contributed by atoms with E-state index >= 15 is 0 Å². The van der Waals surface area contributed by atoms with Gasteiger partial charge in [-0.15, -0.1) is 0 Å². The molecule has 3 nitrogen and oxygen atoms in total. The first-order valence-corrected chi connectivity index (χ1v) is 16.5. The molecule has 0 saturated heterocycles. The van der Waals surface area contributed by atoms with Crippen molar-refractivity contribution < 1.29 is 8.83 Å². The Morgan fingerprint density at radius 1 is 0.417 bits per heavy atom. The van der Waals surface area contributed by atoms with Crippen molar-refractivity contribution in [1.82, 2.24) is 0 Å². The summed E-state index contributed by atoms with van der Waals surface area (Å²) in [4.78, 5) is 2.43. The maximum atomic E-state index is 6.44. The van der Waals surface area contributed by atoms with Crippen LogP contribution in [0.4, 0.5) is 17.1 Å². The third kappa shape index (κ3) is 3.76. The number of hydrogen-bond donors (Lipinski definition) is 0. The van der Waals surface area contributed by atoms with E-state index < -0.39 is 0 Å². The third-order valence-corrected chi connectivity index (χ3v) is 10.3. The fourth-order valence-electron chi connectivity index (χ4n) is 8.08.